The monoisotopic (exact) mass is 2330 g/mol. The molecular formula is C19H50O46Si47. The van der Waals surface area contributed by atoms with E-state index in [0.717, 1.165) is 32.2 Å². The Morgan fingerprint density at radius 2 is 0.420 bits per heavy atom. The molecule has 0 radical (unpaired) electrons. The molecule has 1 atom stereocenters. The highest BCUT2D eigenvalue weighted by molar-refractivity contribution is 7.85. The molecule has 0 rings (SSSR count). The number of unbranched alkanes of at least 4 members (excludes halogenated alkanes) is 7. The van der Waals surface area contributed by atoms with Gasteiger partial charge in [-0.3, -0.25) is 17.8 Å². The number of hydrogen-bond acceptors (Lipinski definition) is 46. The Balaban J connectivity index is -0.0000191. The van der Waals surface area contributed by atoms with Crippen molar-refractivity contribution in [1.29, 1.82) is 0 Å². The minimum atomic E-state index is -4.76. The molecule has 0 fully saturated rings. The summed E-state index contributed by atoms with van der Waals surface area (Å²) in [5, 5.41) is 0. The highest BCUT2D eigenvalue weighted by Crippen LogP contribution is 2.19. The molecule has 112 heavy (non-hydrogen) atoms. The third kappa shape index (κ3) is 37.0. The Kier molecular flexibility index (Phi) is 59.7. The van der Waals surface area contributed by atoms with Crippen LogP contribution in [0.3, 0.4) is 0 Å². The molecule has 0 aromatic carbocycles. The molecule has 0 amide bonds. The van der Waals surface area contributed by atoms with E-state index in [2.05, 4.69) is 0 Å². The van der Waals surface area contributed by atoms with Gasteiger partial charge < -0.3 is 187 Å². The first-order chi connectivity index (χ1) is 51.3. The lowest BCUT2D eigenvalue weighted by molar-refractivity contribution is 0.496. The van der Waals surface area contributed by atoms with E-state index in [1.165, 1.54) is 13.1 Å². The molecule has 0 aliphatic rings. The molecule has 0 aromatic rings. The molecule has 0 aliphatic carbocycles. The fourth-order valence-electron chi connectivity index (χ4n) is 7.39. The van der Waals surface area contributed by atoms with Crippen LogP contribution in [-0.4, -0.2) is 371 Å². The second-order valence-electron chi connectivity index (χ2n) is 23.3. The van der Waals surface area contributed by atoms with Crippen molar-refractivity contribution < 1.29 is 205 Å². The minimum absolute atomic E-state index is 0.0447. The van der Waals surface area contributed by atoms with E-state index in [0.29, 0.717) is 19.3 Å². The summed E-state index contributed by atoms with van der Waals surface area (Å²) in [5.41, 5.74) is -0.118. The zero-order valence-electron chi connectivity index (χ0n) is 58.5. The average molecular weight is 2330 g/mol. The molecule has 0 spiro atoms. The van der Waals surface area contributed by atoms with Crippen LogP contribution in [0.4, 0.5) is 0 Å². The van der Waals surface area contributed by atoms with Crippen LogP contribution in [0.25, 0.3) is 0 Å². The lowest BCUT2D eigenvalue weighted by Gasteiger charge is -2.24. The van der Waals surface area contributed by atoms with Gasteiger partial charge in [0.15, 0.2) is 8.32 Å². The van der Waals surface area contributed by atoms with Gasteiger partial charge in [-0.25, -0.2) is 0 Å². The molecule has 46 nitrogen and oxygen atoms in total. The topological polar surface area (TPSA) is 770 Å². The van der Waals surface area contributed by atoms with Gasteiger partial charge in [0.05, 0.1) is 0 Å². The van der Waals surface area contributed by atoms with Crippen molar-refractivity contribution in [2.75, 3.05) is 0 Å². The van der Waals surface area contributed by atoms with Crippen LogP contribution in [-0.2, 0) is 205 Å². The fraction of sp³-hybridized carbons (Fsp3) is 1.00. The number of hydrogen-bond donors (Lipinski definition) is 0. The Labute approximate surface area is 689 Å². The summed E-state index contributed by atoms with van der Waals surface area (Å²) >= 11 is 0. The van der Waals surface area contributed by atoms with E-state index in [9.17, 15) is 178 Å². The molecule has 0 aliphatic heterocycles. The Hall–Kier alpha value is 1.31. The lowest BCUT2D eigenvalue weighted by Crippen LogP contribution is -2.60. The molecule has 0 N–H and O–H groups in total. The van der Waals surface area contributed by atoms with Gasteiger partial charge in [0, 0.05) is 0 Å². The third-order valence-electron chi connectivity index (χ3n) is 13.5. The summed E-state index contributed by atoms with van der Waals surface area (Å²) in [6.45, 7) is 12.3. The van der Waals surface area contributed by atoms with E-state index in [1.54, 1.807) is 26.6 Å². The zero-order valence-corrected chi connectivity index (χ0v) is 106. The van der Waals surface area contributed by atoms with Gasteiger partial charge in [0.1, 0.15) is 7.59 Å². The molecule has 1 unspecified atom stereocenters. The minimum Gasteiger partial charge on any atom is -0.457 e. The van der Waals surface area contributed by atoms with Crippen molar-refractivity contribution >= 4 is 371 Å². The smallest absolute Gasteiger partial charge is 0.457 e. The molecule has 590 valence electrons. The molecule has 0 aromatic heterocycles. The second kappa shape index (κ2) is 57.0. The standard InChI is InChI=1S/C19H50O42Si45.2O2Si/c1-9-11-12-13-14-15-16-17-18-106(8,103(59)101(57)99(55)97(53)95(51)93(49)91(47)89(45)82(38)80(36)77(33)75(31)73(29)71(27)69(25)67(23)65(21)62-60-104(3,4)5)61-63-66(22)68(24)70(26)72(28)74(30)76(32)78(34)79(35)81(37)83(39)84(40)85(41)86(42)87(43)88(44)90(46)92(48)94(50)96(52)98(54)100(56)102(58)105(6,7)19-64(20)10-2;2*1-3-2/h9-19,62-63H2,1-8H3;;. The predicted molar refractivity (Wildman–Crippen MR) is 406 cm³/mol. The molecule has 0 saturated carbocycles. The quantitative estimate of drug-likeness (QED) is 0.0403. The summed E-state index contributed by atoms with van der Waals surface area (Å²) in [6, 6.07) is -0.179. The maximum atomic E-state index is 14.2. The maximum Gasteiger partial charge on any atom is 0.549 e. The van der Waals surface area contributed by atoms with E-state index < -0.39 is 371 Å². The molecular weight excluding hydrogens is 2280 g/mol. The van der Waals surface area contributed by atoms with Gasteiger partial charge in [-0.05, 0) is 43.9 Å². The highest BCUT2D eigenvalue weighted by atomic mass is 30.1. The molecule has 0 saturated heterocycles. The van der Waals surface area contributed by atoms with Gasteiger partial charge in [0.25, 0.3) is 8.68 Å². The normalized spacial score (nSPS) is 11.0. The maximum absolute atomic E-state index is 14.2. The van der Waals surface area contributed by atoms with Crippen LogP contribution in [0.1, 0.15) is 65.2 Å². The van der Waals surface area contributed by atoms with Crippen LogP contribution < -0.4 is 0 Å². The second-order valence-corrected chi connectivity index (χ2v) is 243. The average Bonchev–Trinajstić information content (AvgIpc) is 0.816. The Morgan fingerprint density at radius 3 is 0.625 bits per heavy atom. The Bertz CT molecular complexity index is 4610. The largest absolute Gasteiger partial charge is 0.549 e. The first-order valence-corrected chi connectivity index (χ1v) is 143. The summed E-state index contributed by atoms with van der Waals surface area (Å²) in [5.74, 6) is 0. The van der Waals surface area contributed by atoms with Gasteiger partial charge >= 0.3 is 320 Å². The Morgan fingerprint density at radius 1 is 0.241 bits per heavy atom. The van der Waals surface area contributed by atoms with Gasteiger partial charge in [-0.15, -0.1) is 0 Å². The number of rotatable bonds is 57. The van der Waals surface area contributed by atoms with Crippen molar-refractivity contribution in [2.24, 2.45) is 0 Å². The lowest BCUT2D eigenvalue weighted by atomic mass is 10.1. The van der Waals surface area contributed by atoms with Crippen LogP contribution in [0.5, 0.6) is 0 Å². The van der Waals surface area contributed by atoms with E-state index in [-0.39, 0.29) is 24.2 Å². The summed E-state index contributed by atoms with van der Waals surface area (Å²) in [7, 11) is -193. The van der Waals surface area contributed by atoms with Crippen LogP contribution in [0.15, 0.2) is 0 Å². The van der Waals surface area contributed by atoms with Gasteiger partial charge in [-0.1, -0.05) is 78.3 Å². The predicted octanol–water partition coefficient (Wildman–Crippen LogP) is -15.3. The molecule has 0 heterocycles. The molecule has 0 bridgehead atoms. The SMILES string of the molecule is CCCCCCCCCC[Si](C)(O[SiH2][Si](=O)[Si](=O)[Si](=O)[Si](=O)[Si](=O)[Si](=O)[Si](=O)[Si](=O)[Si](=O)[Si](=O)[Si](=O)[Si](=O)[Si](=O)[Si](=O)[Si](=O)[Si](=O)[Si](=O)[Si](=O)[Si](=O)[Si](=O)[Si](=O)[Si](=O)[Si](C)(C)C[Si](=O)CC)[Si](=O)[Si](=O)[Si](=O)[Si](=O)[Si](=O)[Si](=O)[Si](=O)[Si](=O)[Si](=O)[Si](=O)[Si](=O)[Si](=O)[Si](=O)[Si](=O)[Si](=O)[Si](=O)[Si](=O)[SiH2]O[Si](C)(C)C.O=[Si]=O.O=[Si]=O. The van der Waals surface area contributed by atoms with Gasteiger partial charge in [0.2, 0.25) is 26.4 Å². The van der Waals surface area contributed by atoms with Crippen molar-refractivity contribution in [2.45, 2.75) is 122 Å². The van der Waals surface area contributed by atoms with E-state index >= 15 is 0 Å². The fourth-order valence-corrected chi connectivity index (χ4v) is 518. The van der Waals surface area contributed by atoms with Crippen LogP contribution in [0.2, 0.25) is 57.0 Å². The summed E-state index contributed by atoms with van der Waals surface area (Å²) < 4.78 is 567. The van der Waals surface area contributed by atoms with Crippen molar-refractivity contribution in [3.8, 4) is 0 Å². The molecule has 93 heteroatoms. The van der Waals surface area contributed by atoms with E-state index in [4.69, 9.17) is 26.1 Å². The van der Waals surface area contributed by atoms with Gasteiger partial charge in [-0.2, -0.15) is 0 Å². The first kappa shape index (κ1) is 117. The zero-order chi connectivity index (χ0) is 88.6. The van der Waals surface area contributed by atoms with Crippen LogP contribution >= 0.6 is 0 Å². The third-order valence-corrected chi connectivity index (χ3v) is 359. The van der Waals surface area contributed by atoms with Crippen LogP contribution in [0, 0.1) is 0 Å². The summed E-state index contributed by atoms with van der Waals surface area (Å²) in [4.78, 5) is 0. The highest BCUT2D eigenvalue weighted by Gasteiger charge is 2.60. The van der Waals surface area contributed by atoms with Crippen molar-refractivity contribution in [3.63, 3.8) is 0 Å². The summed E-state index contributed by atoms with van der Waals surface area (Å²) in [6.07, 6.45) is 4.93. The van der Waals surface area contributed by atoms with Crippen molar-refractivity contribution in [1.82, 2.24) is 0 Å². The first-order valence-electron chi connectivity index (χ1n) is 30.3. The van der Waals surface area contributed by atoms with E-state index in [1.807, 2.05) is 6.92 Å². The van der Waals surface area contributed by atoms with Crippen molar-refractivity contribution in [3.05, 3.63) is 0 Å².